The van der Waals surface area contributed by atoms with Crippen molar-refractivity contribution in [2.24, 2.45) is 13.0 Å². The van der Waals surface area contributed by atoms with Crippen LogP contribution in [0.2, 0.25) is 0 Å². The van der Waals surface area contributed by atoms with E-state index in [0.717, 1.165) is 43.5 Å². The second-order valence-corrected chi connectivity index (χ2v) is 10.8. The molecule has 39 heavy (non-hydrogen) atoms. The summed E-state index contributed by atoms with van der Waals surface area (Å²) in [5.41, 5.74) is 5.49. The van der Waals surface area contributed by atoms with Gasteiger partial charge in [-0.3, -0.25) is 4.79 Å². The molecular formula is C29H32FN5O4. The lowest BCUT2D eigenvalue weighted by atomic mass is 9.87. The van der Waals surface area contributed by atoms with Crippen molar-refractivity contribution in [1.82, 2.24) is 19.7 Å². The van der Waals surface area contributed by atoms with E-state index in [0.29, 0.717) is 75.6 Å². The number of fused-ring (bicyclic) bond motifs is 2. The molecule has 5 heterocycles. The first-order valence-corrected chi connectivity index (χ1v) is 13.5. The third kappa shape index (κ3) is 4.31. The smallest absolute Gasteiger partial charge is 0.324 e. The number of carboxylic acids is 1. The molecule has 4 aromatic rings. The van der Waals surface area contributed by atoms with Gasteiger partial charge < -0.3 is 23.8 Å². The van der Waals surface area contributed by atoms with Crippen LogP contribution in [0, 0.1) is 25.6 Å². The summed E-state index contributed by atoms with van der Waals surface area (Å²) in [7, 11) is 1.87. The van der Waals surface area contributed by atoms with Gasteiger partial charge in [0.2, 0.25) is 5.82 Å². The van der Waals surface area contributed by atoms with Gasteiger partial charge in [-0.15, -0.1) is 0 Å². The largest absolute Gasteiger partial charge is 0.490 e. The Morgan fingerprint density at radius 2 is 1.97 bits per heavy atom. The first-order chi connectivity index (χ1) is 18.7. The van der Waals surface area contributed by atoms with Crippen molar-refractivity contribution in [3.8, 4) is 28.4 Å². The minimum Gasteiger partial charge on any atom is -0.490 e. The van der Waals surface area contributed by atoms with Crippen LogP contribution in [0.3, 0.4) is 0 Å². The van der Waals surface area contributed by atoms with Crippen molar-refractivity contribution >= 4 is 23.0 Å². The zero-order valence-corrected chi connectivity index (χ0v) is 22.7. The molecule has 204 valence electrons. The minimum absolute atomic E-state index is 0.233. The van der Waals surface area contributed by atoms with Gasteiger partial charge in [-0.1, -0.05) is 12.1 Å². The number of hydrogen-bond acceptors (Lipinski definition) is 7. The number of anilines is 1. The van der Waals surface area contributed by atoms with Crippen LogP contribution in [0.15, 0.2) is 16.7 Å². The maximum Gasteiger partial charge on any atom is 0.324 e. The Kier molecular flexibility index (Phi) is 6.28. The molecule has 1 fully saturated rings. The van der Waals surface area contributed by atoms with E-state index in [9.17, 15) is 9.90 Å². The molecule has 0 amide bonds. The van der Waals surface area contributed by atoms with Gasteiger partial charge in [-0.05, 0) is 79.8 Å². The number of ether oxygens (including phenoxy) is 1. The van der Waals surface area contributed by atoms with Gasteiger partial charge in [0.1, 0.15) is 5.65 Å². The number of aryl methyl sites for hydroxylation is 2. The van der Waals surface area contributed by atoms with Crippen LogP contribution < -0.4 is 9.64 Å². The van der Waals surface area contributed by atoms with Gasteiger partial charge in [0.05, 0.1) is 18.7 Å². The lowest BCUT2D eigenvalue weighted by Gasteiger charge is -2.28. The number of rotatable bonds is 5. The second-order valence-electron chi connectivity index (χ2n) is 10.8. The number of carboxylic acid groups (broad SMARTS) is 1. The van der Waals surface area contributed by atoms with E-state index in [4.69, 9.17) is 19.2 Å². The fraction of sp³-hybridized carbons (Fsp3) is 0.448. The van der Waals surface area contributed by atoms with Crippen LogP contribution in [-0.4, -0.2) is 50.5 Å². The predicted octanol–water partition coefficient (Wildman–Crippen LogP) is 5.23. The molecule has 9 nitrogen and oxygen atoms in total. The highest BCUT2D eigenvalue weighted by Crippen LogP contribution is 2.43. The van der Waals surface area contributed by atoms with Gasteiger partial charge >= 0.3 is 12.0 Å². The number of nitrogens with zero attached hydrogens (tertiary/aromatic N) is 5. The number of carbonyl (C=O) groups is 1. The Hall–Kier alpha value is -3.95. The molecule has 0 atom stereocenters. The van der Waals surface area contributed by atoms with Crippen molar-refractivity contribution in [1.29, 1.82) is 0 Å². The lowest BCUT2D eigenvalue weighted by Crippen LogP contribution is -2.32. The molecule has 6 rings (SSSR count). The Morgan fingerprint density at radius 3 is 2.72 bits per heavy atom. The van der Waals surface area contributed by atoms with E-state index in [2.05, 4.69) is 17.0 Å². The quantitative estimate of drug-likeness (QED) is 0.372. The molecule has 0 aliphatic carbocycles. The summed E-state index contributed by atoms with van der Waals surface area (Å²) in [6.45, 7) is 8.22. The normalized spacial score (nSPS) is 16.0. The van der Waals surface area contributed by atoms with E-state index in [1.807, 2.05) is 24.6 Å². The van der Waals surface area contributed by atoms with Crippen molar-refractivity contribution in [2.45, 2.75) is 52.9 Å². The third-order valence-electron chi connectivity index (χ3n) is 8.21. The SMILES string of the molecule is Cc1nc2c(cc(-c3noc(N4CCC(C)CC4)n3)n2C)c(-c2cc(F)c3c(c2C)CCCO3)c1CC(=O)O. The Morgan fingerprint density at radius 1 is 1.21 bits per heavy atom. The van der Waals surface area contributed by atoms with Gasteiger partial charge in [-0.2, -0.15) is 4.98 Å². The highest BCUT2D eigenvalue weighted by molar-refractivity contribution is 6.00. The summed E-state index contributed by atoms with van der Waals surface area (Å²) in [4.78, 5) is 23.5. The molecule has 1 aromatic carbocycles. The fourth-order valence-corrected chi connectivity index (χ4v) is 5.94. The molecule has 1 saturated heterocycles. The molecular weight excluding hydrogens is 501 g/mol. The molecule has 0 radical (unpaired) electrons. The zero-order chi connectivity index (χ0) is 27.4. The lowest BCUT2D eigenvalue weighted by molar-refractivity contribution is -0.136. The van der Waals surface area contributed by atoms with E-state index in [-0.39, 0.29) is 6.42 Å². The van der Waals surface area contributed by atoms with Gasteiger partial charge in [-0.25, -0.2) is 9.37 Å². The molecule has 0 bridgehead atoms. The van der Waals surface area contributed by atoms with Crippen LogP contribution in [0.4, 0.5) is 10.4 Å². The summed E-state index contributed by atoms with van der Waals surface area (Å²) >= 11 is 0. The Balaban J connectivity index is 1.54. The van der Waals surface area contributed by atoms with E-state index >= 15 is 4.39 Å². The number of pyridine rings is 1. The Labute approximate surface area is 225 Å². The summed E-state index contributed by atoms with van der Waals surface area (Å²) in [6, 6.07) is 3.86. The Bertz CT molecular complexity index is 1600. The molecule has 2 aliphatic heterocycles. The highest BCUT2D eigenvalue weighted by Gasteiger charge is 2.28. The first-order valence-electron chi connectivity index (χ1n) is 13.5. The van der Waals surface area contributed by atoms with Crippen LogP contribution >= 0.6 is 0 Å². The van der Waals surface area contributed by atoms with Crippen LogP contribution in [0.25, 0.3) is 33.7 Å². The fourth-order valence-electron chi connectivity index (χ4n) is 5.94. The van der Waals surface area contributed by atoms with Crippen molar-refractivity contribution < 1.29 is 23.6 Å². The number of aliphatic carboxylic acids is 1. The number of piperidine rings is 1. The number of halogens is 1. The van der Waals surface area contributed by atoms with E-state index in [1.165, 1.54) is 6.07 Å². The van der Waals surface area contributed by atoms with Crippen LogP contribution in [-0.2, 0) is 24.7 Å². The molecule has 10 heteroatoms. The maximum absolute atomic E-state index is 15.3. The second kappa shape index (κ2) is 9.66. The highest BCUT2D eigenvalue weighted by atomic mass is 19.1. The van der Waals surface area contributed by atoms with E-state index < -0.39 is 11.8 Å². The summed E-state index contributed by atoms with van der Waals surface area (Å²) in [5.74, 6) is -0.0181. The first kappa shape index (κ1) is 25.3. The van der Waals surface area contributed by atoms with Crippen LogP contribution in [0.1, 0.15) is 48.6 Å². The average Bonchev–Trinajstić information content (AvgIpc) is 3.52. The van der Waals surface area contributed by atoms with Gasteiger partial charge in [0, 0.05) is 36.8 Å². The monoisotopic (exact) mass is 533 g/mol. The van der Waals surface area contributed by atoms with Crippen molar-refractivity contribution in [3.63, 3.8) is 0 Å². The maximum atomic E-state index is 15.3. The average molecular weight is 534 g/mol. The van der Waals surface area contributed by atoms with Crippen LogP contribution in [0.5, 0.6) is 5.75 Å². The molecule has 0 spiro atoms. The van der Waals surface area contributed by atoms with Gasteiger partial charge in [0.15, 0.2) is 11.6 Å². The summed E-state index contributed by atoms with van der Waals surface area (Å²) in [6.07, 6.45) is 3.42. The predicted molar refractivity (Wildman–Crippen MR) is 145 cm³/mol. The summed E-state index contributed by atoms with van der Waals surface area (Å²) < 4.78 is 28.5. The molecule has 1 N–H and O–H groups in total. The molecule has 2 aliphatic rings. The molecule has 0 unspecified atom stereocenters. The minimum atomic E-state index is -0.977. The number of benzene rings is 1. The van der Waals surface area contributed by atoms with Crippen molar-refractivity contribution in [2.75, 3.05) is 24.6 Å². The topological polar surface area (TPSA) is 107 Å². The number of aromatic nitrogens is 4. The molecule has 0 saturated carbocycles. The van der Waals surface area contributed by atoms with E-state index in [1.54, 1.807) is 6.92 Å². The van der Waals surface area contributed by atoms with Crippen molar-refractivity contribution in [3.05, 3.63) is 40.3 Å². The standard InChI is InChI=1S/C29H32FN5O4/c1-15-7-9-35(10-8-15)29-32-27(33-39-29)23-13-21-25(20(14-24(36)37)17(3)31-28(21)34(23)4)19-12-22(30)26-18(16(19)2)6-5-11-38-26/h12-13,15H,5-11,14H2,1-4H3,(H,36,37). The molecule has 3 aromatic heterocycles. The summed E-state index contributed by atoms with van der Waals surface area (Å²) in [5, 5.41) is 14.8. The number of hydrogen-bond donors (Lipinski definition) is 1. The zero-order valence-electron chi connectivity index (χ0n) is 22.7. The van der Waals surface area contributed by atoms with Gasteiger partial charge in [0.25, 0.3) is 0 Å². The third-order valence-corrected chi connectivity index (χ3v) is 8.21.